The van der Waals surface area contributed by atoms with Crippen LogP contribution < -0.4 is 10.4 Å². The molecule has 164 valence electrons. The normalized spacial score (nSPS) is 12.0. The third-order valence-corrected chi connectivity index (χ3v) is 5.52. The number of fused-ring (bicyclic) bond motifs is 1. The van der Waals surface area contributed by atoms with E-state index in [0.717, 1.165) is 46.9 Å². The van der Waals surface area contributed by atoms with Gasteiger partial charge in [0.15, 0.2) is 0 Å². The maximum absolute atomic E-state index is 13.5. The highest BCUT2D eigenvalue weighted by molar-refractivity contribution is 5.76. The van der Waals surface area contributed by atoms with Gasteiger partial charge in [-0.05, 0) is 55.2 Å². The topological polar surface area (TPSA) is 79.5 Å². The maximum atomic E-state index is 13.5. The predicted octanol–water partition coefficient (Wildman–Crippen LogP) is 4.54. The van der Waals surface area contributed by atoms with E-state index < -0.39 is 6.16 Å². The number of para-hydroxylation sites is 2. The van der Waals surface area contributed by atoms with Crippen LogP contribution in [0.5, 0.6) is 5.75 Å². The van der Waals surface area contributed by atoms with Gasteiger partial charge in [0.25, 0.3) is 0 Å². The van der Waals surface area contributed by atoms with Crippen molar-refractivity contribution in [2.75, 3.05) is 7.11 Å². The minimum Gasteiger partial charge on any atom is -0.437 e. The monoisotopic (exact) mass is 424 g/mol. The molecule has 0 aliphatic carbocycles. The molecule has 7 heteroatoms. The number of hydrogen-bond acceptors (Lipinski definition) is 5. The molecule has 0 amide bonds. The zero-order valence-corrected chi connectivity index (χ0v) is 18.4. The van der Waals surface area contributed by atoms with Crippen LogP contribution in [-0.4, -0.2) is 28.7 Å². The van der Waals surface area contributed by atoms with Crippen molar-refractivity contribution in [1.29, 1.82) is 0 Å². The first-order valence-electron chi connectivity index (χ1n) is 10.4. The number of aromatic nitrogens is 2. The molecule has 1 unspecified atom stereocenters. The molecule has 3 aromatic rings. The second-order valence-corrected chi connectivity index (χ2v) is 7.68. The van der Waals surface area contributed by atoms with Crippen LogP contribution in [0.15, 0.2) is 41.2 Å². The van der Waals surface area contributed by atoms with Crippen molar-refractivity contribution >= 4 is 23.5 Å². The number of methoxy groups -OCH3 is 1. The molecule has 0 saturated heterocycles. The summed E-state index contributed by atoms with van der Waals surface area (Å²) in [5.41, 5.74) is 3.99. The van der Waals surface area contributed by atoms with Crippen molar-refractivity contribution in [3.63, 3.8) is 0 Å². The number of ether oxygens (including phenoxy) is 2. The van der Waals surface area contributed by atoms with E-state index in [1.807, 2.05) is 51.1 Å². The van der Waals surface area contributed by atoms with Crippen molar-refractivity contribution in [2.45, 2.75) is 52.6 Å². The number of imidazole rings is 1. The fourth-order valence-corrected chi connectivity index (χ4v) is 4.00. The summed E-state index contributed by atoms with van der Waals surface area (Å²) >= 11 is 0. The summed E-state index contributed by atoms with van der Waals surface area (Å²) in [5, 5.41) is 0. The highest BCUT2D eigenvalue weighted by Gasteiger charge is 2.21. The standard InChI is InChI=1S/C24H28N2O5/c1-5-8-19(11-12-27)26-21-10-7-6-9-20(21)25(23(26)28)15-18-13-16(2)14-22(17(18)3)31-24(29)30-4/h6-7,9-10,12-14,19H,5,8,11,15H2,1-4H3. The average Bonchev–Trinajstić information content (AvgIpc) is 3.02. The minimum absolute atomic E-state index is 0.155. The Balaban J connectivity index is 2.13. The third-order valence-electron chi connectivity index (χ3n) is 5.52. The van der Waals surface area contributed by atoms with E-state index in [1.165, 1.54) is 7.11 Å². The number of carbonyl (C=O) groups excluding carboxylic acids is 2. The lowest BCUT2D eigenvalue weighted by molar-refractivity contribution is -0.108. The van der Waals surface area contributed by atoms with Crippen LogP contribution in [0.4, 0.5) is 4.79 Å². The van der Waals surface area contributed by atoms with Crippen molar-refractivity contribution in [1.82, 2.24) is 9.13 Å². The molecule has 0 aliphatic heterocycles. The molecular formula is C24H28N2O5. The van der Waals surface area contributed by atoms with E-state index >= 15 is 0 Å². The molecule has 1 atom stereocenters. The van der Waals surface area contributed by atoms with Gasteiger partial charge in [-0.25, -0.2) is 9.59 Å². The first-order chi connectivity index (χ1) is 14.9. The Hall–Kier alpha value is -3.35. The van der Waals surface area contributed by atoms with Crippen LogP contribution >= 0.6 is 0 Å². The van der Waals surface area contributed by atoms with Crippen LogP contribution in [0.3, 0.4) is 0 Å². The summed E-state index contributed by atoms with van der Waals surface area (Å²) in [4.78, 5) is 36.4. The van der Waals surface area contributed by atoms with E-state index in [1.54, 1.807) is 15.2 Å². The van der Waals surface area contributed by atoms with Crippen LogP contribution in [0.2, 0.25) is 0 Å². The van der Waals surface area contributed by atoms with Crippen molar-refractivity contribution in [2.24, 2.45) is 0 Å². The van der Waals surface area contributed by atoms with Gasteiger partial charge in [-0.2, -0.15) is 0 Å². The second-order valence-electron chi connectivity index (χ2n) is 7.68. The smallest absolute Gasteiger partial charge is 0.437 e. The van der Waals surface area contributed by atoms with Gasteiger partial charge in [-0.15, -0.1) is 0 Å². The van der Waals surface area contributed by atoms with Crippen molar-refractivity contribution in [3.8, 4) is 5.75 Å². The predicted molar refractivity (Wildman–Crippen MR) is 119 cm³/mol. The average molecular weight is 424 g/mol. The van der Waals surface area contributed by atoms with E-state index in [4.69, 9.17) is 4.74 Å². The zero-order valence-electron chi connectivity index (χ0n) is 18.4. The van der Waals surface area contributed by atoms with E-state index in [2.05, 4.69) is 4.74 Å². The number of aldehydes is 1. The number of hydrogen-bond donors (Lipinski definition) is 0. The van der Waals surface area contributed by atoms with Gasteiger partial charge in [0.2, 0.25) is 0 Å². The van der Waals surface area contributed by atoms with Gasteiger partial charge in [0.05, 0.1) is 24.7 Å². The van der Waals surface area contributed by atoms with E-state index in [9.17, 15) is 14.4 Å². The van der Waals surface area contributed by atoms with Crippen LogP contribution in [0.1, 0.15) is 48.9 Å². The fourth-order valence-electron chi connectivity index (χ4n) is 4.00. The highest BCUT2D eigenvalue weighted by Crippen LogP contribution is 2.27. The molecule has 0 N–H and O–H groups in total. The van der Waals surface area contributed by atoms with Gasteiger partial charge < -0.3 is 14.3 Å². The van der Waals surface area contributed by atoms with Gasteiger partial charge in [0, 0.05) is 12.5 Å². The van der Waals surface area contributed by atoms with Gasteiger partial charge in [-0.3, -0.25) is 9.13 Å². The Bertz CT molecular complexity index is 1160. The van der Waals surface area contributed by atoms with Gasteiger partial charge in [-0.1, -0.05) is 31.5 Å². The van der Waals surface area contributed by atoms with E-state index in [0.29, 0.717) is 18.7 Å². The first kappa shape index (κ1) is 22.3. The number of nitrogens with zero attached hydrogens (tertiary/aromatic N) is 2. The van der Waals surface area contributed by atoms with Crippen molar-refractivity contribution in [3.05, 3.63) is 63.6 Å². The SMILES string of the molecule is CCCC(CC=O)n1c(=O)n(Cc2cc(C)cc(OC(=O)OC)c2C)c2ccccc21. The molecule has 1 aromatic heterocycles. The molecule has 0 radical (unpaired) electrons. The minimum atomic E-state index is -0.787. The Morgan fingerprint density at radius 1 is 1.16 bits per heavy atom. The van der Waals surface area contributed by atoms with Crippen LogP contribution in [-0.2, 0) is 16.1 Å². The molecule has 7 nitrogen and oxygen atoms in total. The molecule has 1 heterocycles. The molecule has 31 heavy (non-hydrogen) atoms. The summed E-state index contributed by atoms with van der Waals surface area (Å²) in [5.74, 6) is 0.406. The molecular weight excluding hydrogens is 396 g/mol. The number of benzene rings is 2. The van der Waals surface area contributed by atoms with Crippen molar-refractivity contribution < 1.29 is 19.1 Å². The quantitative estimate of drug-likeness (QED) is 0.301. The number of aryl methyl sites for hydroxylation is 1. The molecule has 3 rings (SSSR count). The number of rotatable bonds is 8. The molecule has 0 spiro atoms. The Labute approximate surface area is 181 Å². The highest BCUT2D eigenvalue weighted by atomic mass is 16.7. The van der Waals surface area contributed by atoms with Gasteiger partial charge >= 0.3 is 11.8 Å². The van der Waals surface area contributed by atoms with E-state index in [-0.39, 0.29) is 11.7 Å². The molecule has 2 aromatic carbocycles. The maximum Gasteiger partial charge on any atom is 0.513 e. The summed E-state index contributed by atoms with van der Waals surface area (Å²) in [7, 11) is 1.26. The summed E-state index contributed by atoms with van der Waals surface area (Å²) in [6, 6.07) is 11.2. The lowest BCUT2D eigenvalue weighted by Gasteiger charge is -2.15. The summed E-state index contributed by atoms with van der Waals surface area (Å²) in [6.45, 7) is 6.11. The largest absolute Gasteiger partial charge is 0.513 e. The Morgan fingerprint density at radius 2 is 1.87 bits per heavy atom. The summed E-state index contributed by atoms with van der Waals surface area (Å²) < 4.78 is 13.4. The number of carbonyl (C=O) groups is 2. The summed E-state index contributed by atoms with van der Waals surface area (Å²) in [6.07, 6.45) is 2.00. The fraction of sp³-hybridized carbons (Fsp3) is 0.375. The Kier molecular flexibility index (Phi) is 6.95. The Morgan fingerprint density at radius 3 is 2.52 bits per heavy atom. The zero-order chi connectivity index (χ0) is 22.5. The third kappa shape index (κ3) is 4.55. The second kappa shape index (κ2) is 9.64. The van der Waals surface area contributed by atoms with Crippen LogP contribution in [0.25, 0.3) is 11.0 Å². The van der Waals surface area contributed by atoms with Crippen LogP contribution in [0, 0.1) is 13.8 Å². The first-order valence-corrected chi connectivity index (χ1v) is 10.4. The molecule has 0 aliphatic rings. The lowest BCUT2D eigenvalue weighted by Crippen LogP contribution is -2.28. The molecule has 0 bridgehead atoms. The molecule has 0 saturated carbocycles. The molecule has 0 fully saturated rings. The van der Waals surface area contributed by atoms with Gasteiger partial charge in [0.1, 0.15) is 12.0 Å². The lowest BCUT2D eigenvalue weighted by atomic mass is 10.0.